The summed E-state index contributed by atoms with van der Waals surface area (Å²) >= 11 is 0. The predicted molar refractivity (Wildman–Crippen MR) is 59.7 cm³/mol. The van der Waals surface area contributed by atoms with Crippen LogP contribution in [-0.4, -0.2) is 35.1 Å². The minimum absolute atomic E-state index is 0.267. The average Bonchev–Trinajstić information content (AvgIpc) is 2.12. The van der Waals surface area contributed by atoms with Crippen LogP contribution in [0.1, 0.15) is 34.1 Å². The van der Waals surface area contributed by atoms with E-state index in [4.69, 9.17) is 5.73 Å². The number of aliphatic hydroxyl groups is 1. The van der Waals surface area contributed by atoms with Crippen LogP contribution in [0.15, 0.2) is 0 Å². The van der Waals surface area contributed by atoms with E-state index in [0.29, 0.717) is 6.42 Å². The van der Waals surface area contributed by atoms with Crippen molar-refractivity contribution in [3.05, 3.63) is 0 Å². The van der Waals surface area contributed by atoms with E-state index in [-0.39, 0.29) is 12.5 Å². The Hall–Kier alpha value is -0.940. The number of ketones is 1. The van der Waals surface area contributed by atoms with E-state index >= 15 is 0 Å². The summed E-state index contributed by atoms with van der Waals surface area (Å²) < 4.78 is 4.62. The van der Waals surface area contributed by atoms with Crippen LogP contribution in [0.3, 0.4) is 0 Å². The van der Waals surface area contributed by atoms with Gasteiger partial charge in [0, 0.05) is 6.92 Å². The molecule has 0 aromatic heterocycles. The first kappa shape index (κ1) is 15.1. The topological polar surface area (TPSA) is 89.6 Å². The van der Waals surface area contributed by atoms with Gasteiger partial charge in [0.05, 0.1) is 6.04 Å². The van der Waals surface area contributed by atoms with E-state index in [0.717, 1.165) is 0 Å². The maximum atomic E-state index is 11.7. The van der Waals surface area contributed by atoms with Gasteiger partial charge in [-0.15, -0.1) is 0 Å². The van der Waals surface area contributed by atoms with Crippen molar-refractivity contribution in [3.8, 4) is 0 Å². The maximum Gasteiger partial charge on any atom is 0.302 e. The lowest BCUT2D eigenvalue weighted by atomic mass is 9.91. The van der Waals surface area contributed by atoms with Crippen LogP contribution in [0.4, 0.5) is 0 Å². The Morgan fingerprint density at radius 2 is 1.94 bits per heavy atom. The molecule has 2 atom stereocenters. The third-order valence-electron chi connectivity index (χ3n) is 2.15. The second kappa shape index (κ2) is 5.96. The highest BCUT2D eigenvalue weighted by molar-refractivity contribution is 5.91. The Kier molecular flexibility index (Phi) is 5.61. The summed E-state index contributed by atoms with van der Waals surface area (Å²) in [6, 6.07) is -0.731. The highest BCUT2D eigenvalue weighted by Gasteiger charge is 2.35. The molecule has 3 N–H and O–H groups in total. The van der Waals surface area contributed by atoms with Gasteiger partial charge in [0.2, 0.25) is 0 Å². The monoisotopic (exact) mass is 231 g/mol. The summed E-state index contributed by atoms with van der Waals surface area (Å²) in [6.45, 7) is 6.04. The molecule has 1 unspecified atom stereocenters. The number of rotatable bonds is 6. The molecule has 0 spiro atoms. The SMILES string of the molecule is CC(=O)OCC(C)(O)C(=O)[C@@H](N)CC(C)C. The molecule has 0 aliphatic rings. The van der Waals surface area contributed by atoms with E-state index in [1.807, 2.05) is 13.8 Å². The van der Waals surface area contributed by atoms with Gasteiger partial charge < -0.3 is 15.6 Å². The second-order valence-corrected chi connectivity index (χ2v) is 4.65. The van der Waals surface area contributed by atoms with E-state index in [1.165, 1.54) is 13.8 Å². The number of carbonyl (C=O) groups is 2. The lowest BCUT2D eigenvalue weighted by molar-refractivity contribution is -0.155. The number of Topliss-reactive ketones (excluding diaryl/α,β-unsaturated/α-hetero) is 1. The van der Waals surface area contributed by atoms with Crippen LogP contribution in [0.25, 0.3) is 0 Å². The summed E-state index contributed by atoms with van der Waals surface area (Å²) in [4.78, 5) is 22.3. The summed E-state index contributed by atoms with van der Waals surface area (Å²) in [5, 5.41) is 9.81. The summed E-state index contributed by atoms with van der Waals surface area (Å²) in [7, 11) is 0. The first-order valence-corrected chi connectivity index (χ1v) is 5.32. The van der Waals surface area contributed by atoms with Gasteiger partial charge in [0.25, 0.3) is 0 Å². The molecule has 0 aliphatic carbocycles. The summed E-state index contributed by atoms with van der Waals surface area (Å²) in [5.74, 6) is -0.767. The zero-order valence-electron chi connectivity index (χ0n) is 10.3. The molecule has 94 valence electrons. The van der Waals surface area contributed by atoms with Crippen LogP contribution in [-0.2, 0) is 14.3 Å². The number of hydrogen-bond donors (Lipinski definition) is 2. The van der Waals surface area contributed by atoms with E-state index in [9.17, 15) is 14.7 Å². The molecular weight excluding hydrogens is 210 g/mol. The van der Waals surface area contributed by atoms with Gasteiger partial charge in [-0.1, -0.05) is 13.8 Å². The molecule has 0 saturated carbocycles. The molecule has 0 aliphatic heterocycles. The molecule has 5 nitrogen and oxygen atoms in total. The molecule has 0 amide bonds. The summed E-state index contributed by atoms with van der Waals surface area (Å²) in [5.41, 5.74) is 3.95. The lowest BCUT2D eigenvalue weighted by Gasteiger charge is -2.25. The zero-order chi connectivity index (χ0) is 12.9. The lowest BCUT2D eigenvalue weighted by Crippen LogP contribution is -2.50. The quantitative estimate of drug-likeness (QED) is 0.639. The molecule has 0 heterocycles. The molecule has 0 aromatic rings. The molecular formula is C11H21NO4. The average molecular weight is 231 g/mol. The van der Waals surface area contributed by atoms with Crippen molar-refractivity contribution in [3.63, 3.8) is 0 Å². The largest absolute Gasteiger partial charge is 0.462 e. The number of carbonyl (C=O) groups excluding carboxylic acids is 2. The van der Waals surface area contributed by atoms with Crippen molar-refractivity contribution in [2.75, 3.05) is 6.61 Å². The maximum absolute atomic E-state index is 11.7. The van der Waals surface area contributed by atoms with Crippen molar-refractivity contribution in [2.24, 2.45) is 11.7 Å². The molecule has 0 aromatic carbocycles. The number of ether oxygens (including phenoxy) is 1. The smallest absolute Gasteiger partial charge is 0.302 e. The zero-order valence-corrected chi connectivity index (χ0v) is 10.3. The first-order chi connectivity index (χ1) is 7.16. The molecule has 0 bridgehead atoms. The minimum atomic E-state index is -1.71. The normalized spacial score (nSPS) is 16.7. The molecule has 0 rings (SSSR count). The van der Waals surface area contributed by atoms with Crippen molar-refractivity contribution in [1.29, 1.82) is 0 Å². The summed E-state index contributed by atoms with van der Waals surface area (Å²) in [6.07, 6.45) is 0.495. The van der Waals surface area contributed by atoms with Gasteiger partial charge in [0.1, 0.15) is 6.61 Å². The third kappa shape index (κ3) is 5.23. The Balaban J connectivity index is 4.38. The fourth-order valence-electron chi connectivity index (χ4n) is 1.33. The van der Waals surface area contributed by atoms with Gasteiger partial charge in [-0.05, 0) is 19.3 Å². The van der Waals surface area contributed by atoms with Crippen molar-refractivity contribution in [1.82, 2.24) is 0 Å². The van der Waals surface area contributed by atoms with Crippen LogP contribution < -0.4 is 5.73 Å². The van der Waals surface area contributed by atoms with Gasteiger partial charge in [-0.2, -0.15) is 0 Å². The fourth-order valence-corrected chi connectivity index (χ4v) is 1.33. The fraction of sp³-hybridized carbons (Fsp3) is 0.818. The molecule has 16 heavy (non-hydrogen) atoms. The van der Waals surface area contributed by atoms with Crippen LogP contribution in [0, 0.1) is 5.92 Å². The van der Waals surface area contributed by atoms with E-state index in [2.05, 4.69) is 4.74 Å². The first-order valence-electron chi connectivity index (χ1n) is 5.32. The molecule has 0 fully saturated rings. The highest BCUT2D eigenvalue weighted by atomic mass is 16.5. The van der Waals surface area contributed by atoms with Crippen LogP contribution >= 0.6 is 0 Å². The van der Waals surface area contributed by atoms with Gasteiger partial charge in [-0.25, -0.2) is 0 Å². The minimum Gasteiger partial charge on any atom is -0.462 e. The molecule has 5 heteroatoms. The van der Waals surface area contributed by atoms with Gasteiger partial charge in [0.15, 0.2) is 11.4 Å². The Morgan fingerprint density at radius 3 is 2.31 bits per heavy atom. The standard InChI is InChI=1S/C11H21NO4/c1-7(2)5-9(12)10(14)11(4,15)6-16-8(3)13/h7,9,15H,5-6,12H2,1-4H3/t9-,11?/m0/s1. The highest BCUT2D eigenvalue weighted by Crippen LogP contribution is 2.13. The Morgan fingerprint density at radius 1 is 1.44 bits per heavy atom. The second-order valence-electron chi connectivity index (χ2n) is 4.65. The van der Waals surface area contributed by atoms with E-state index in [1.54, 1.807) is 0 Å². The molecule has 0 saturated heterocycles. The predicted octanol–water partition coefficient (Wildman–Crippen LogP) is 0.243. The Bertz CT molecular complexity index is 261. The van der Waals surface area contributed by atoms with Crippen LogP contribution in [0.5, 0.6) is 0 Å². The van der Waals surface area contributed by atoms with Gasteiger partial charge in [-0.3, -0.25) is 9.59 Å². The molecule has 0 radical (unpaired) electrons. The van der Waals surface area contributed by atoms with Crippen molar-refractivity contribution < 1.29 is 19.4 Å². The Labute approximate surface area is 96.0 Å². The number of hydrogen-bond acceptors (Lipinski definition) is 5. The van der Waals surface area contributed by atoms with Gasteiger partial charge >= 0.3 is 5.97 Å². The number of nitrogens with two attached hydrogens (primary N) is 1. The van der Waals surface area contributed by atoms with Crippen molar-refractivity contribution in [2.45, 2.75) is 45.8 Å². The third-order valence-corrected chi connectivity index (χ3v) is 2.15. The number of esters is 1. The van der Waals surface area contributed by atoms with Crippen LogP contribution in [0.2, 0.25) is 0 Å². The van der Waals surface area contributed by atoms with Crippen molar-refractivity contribution >= 4 is 11.8 Å². The van der Waals surface area contributed by atoms with E-state index < -0.39 is 23.4 Å².